The second-order valence-electron chi connectivity index (χ2n) is 15.8. The van der Waals surface area contributed by atoms with Crippen molar-refractivity contribution in [2.24, 2.45) is 0 Å². The smallest absolute Gasteiger partial charge is 0.0841 e. The maximum absolute atomic E-state index is 6.34. The van der Waals surface area contributed by atoms with Crippen molar-refractivity contribution in [2.45, 2.75) is 13.1 Å². The van der Waals surface area contributed by atoms with Gasteiger partial charge in [0.15, 0.2) is 0 Å². The third-order valence-electron chi connectivity index (χ3n) is 13.0. The van der Waals surface area contributed by atoms with Crippen LogP contribution in [0.2, 0.25) is 0 Å². The molecule has 0 saturated carbocycles. The molecule has 2 nitrogen and oxygen atoms in total. The molecule has 0 radical (unpaired) electrons. The van der Waals surface area contributed by atoms with Gasteiger partial charge in [-0.3, -0.25) is 0 Å². The van der Waals surface area contributed by atoms with E-state index in [4.69, 9.17) is 12.8 Å². The van der Waals surface area contributed by atoms with E-state index in [1.807, 2.05) is 0 Å². The van der Waals surface area contributed by atoms with Crippen molar-refractivity contribution in [3.63, 3.8) is 0 Å². The molecular weight excluding hydrogens is 701 g/mol. The first kappa shape index (κ1) is 31.4. The van der Waals surface area contributed by atoms with Gasteiger partial charge >= 0.3 is 0 Å². The van der Waals surface area contributed by atoms with Crippen LogP contribution in [0.5, 0.6) is 0 Å². The van der Waals surface area contributed by atoms with Gasteiger partial charge in [-0.15, -0.1) is 12.8 Å². The van der Waals surface area contributed by atoms with Crippen molar-refractivity contribution in [1.29, 1.82) is 0 Å². The van der Waals surface area contributed by atoms with Crippen LogP contribution < -0.4 is 0 Å². The molecule has 0 fully saturated rings. The first-order valence-electron chi connectivity index (χ1n) is 19.9. The normalized spacial score (nSPS) is 12.2. The number of terminal acetylenes is 2. The van der Waals surface area contributed by atoms with E-state index < -0.39 is 0 Å². The van der Waals surface area contributed by atoms with E-state index in [9.17, 15) is 0 Å². The highest BCUT2D eigenvalue weighted by molar-refractivity contribution is 6.37. The van der Waals surface area contributed by atoms with Crippen molar-refractivity contribution < 1.29 is 0 Å². The molecule has 2 aromatic heterocycles. The Hall–Kier alpha value is -7.78. The minimum absolute atomic E-state index is 0.426. The second kappa shape index (κ2) is 11.4. The summed E-state index contributed by atoms with van der Waals surface area (Å²) in [5.41, 5.74) is 9.27. The third kappa shape index (κ3) is 3.89. The van der Waals surface area contributed by atoms with Gasteiger partial charge in [0.2, 0.25) is 0 Å². The first-order valence-corrected chi connectivity index (χ1v) is 19.9. The van der Waals surface area contributed by atoms with Gasteiger partial charge in [-0.25, -0.2) is 0 Å². The molecule has 11 aromatic carbocycles. The van der Waals surface area contributed by atoms with E-state index in [2.05, 4.69) is 179 Å². The molecule has 58 heavy (non-hydrogen) atoms. The zero-order valence-corrected chi connectivity index (χ0v) is 31.5. The Labute approximate surface area is 333 Å². The lowest BCUT2D eigenvalue weighted by molar-refractivity contribution is 0.922. The fraction of sp³-hybridized carbons (Fsp3) is 0.0357. The first-order chi connectivity index (χ1) is 28.7. The molecule has 0 aliphatic heterocycles. The maximum Gasteiger partial charge on any atom is 0.0841 e. The zero-order chi connectivity index (χ0) is 38.2. The summed E-state index contributed by atoms with van der Waals surface area (Å²) in [7, 11) is 0. The molecule has 266 valence electrons. The molecule has 2 heterocycles. The van der Waals surface area contributed by atoms with E-state index >= 15 is 0 Å². The molecule has 2 heteroatoms. The van der Waals surface area contributed by atoms with Gasteiger partial charge < -0.3 is 9.13 Å². The van der Waals surface area contributed by atoms with Gasteiger partial charge in [-0.05, 0) is 87.9 Å². The Bertz CT molecular complexity index is 3690. The highest BCUT2D eigenvalue weighted by Crippen LogP contribution is 2.54. The van der Waals surface area contributed by atoms with Gasteiger partial charge in [0, 0.05) is 32.7 Å². The molecule has 13 aromatic rings. The summed E-state index contributed by atoms with van der Waals surface area (Å²) in [4.78, 5) is 0. The molecule has 0 unspecified atom stereocenters. The summed E-state index contributed by atoms with van der Waals surface area (Å²) in [6.07, 6.45) is 12.7. The van der Waals surface area contributed by atoms with Crippen LogP contribution in [0, 0.1) is 24.7 Å². The van der Waals surface area contributed by atoms with E-state index in [-0.39, 0.29) is 0 Å². The number of hydrogen-bond acceptors (Lipinski definition) is 0. The number of rotatable bonds is 4. The Morgan fingerprint density at radius 2 is 0.690 bits per heavy atom. The molecule has 0 bridgehead atoms. The SMILES string of the molecule is C#CCn1c2ccccc2c2c(-c3ccc4ccc5cccc6ccc3c4c56)c3c(c(-c4ccc5ccc6cccc7ccc4c5c67)c21)c1ccccc1n3CC#C. The molecule has 13 rings (SSSR count). The number of fused-ring (bicyclic) bond motifs is 6. The molecule has 0 amide bonds. The van der Waals surface area contributed by atoms with Crippen LogP contribution in [0.25, 0.3) is 131 Å². The molecule has 0 spiro atoms. The van der Waals surface area contributed by atoms with Crippen LogP contribution in [0.4, 0.5) is 0 Å². The Balaban J connectivity index is 1.34. The lowest BCUT2D eigenvalue weighted by atomic mass is 9.84. The Morgan fingerprint density at radius 3 is 1.10 bits per heavy atom. The van der Waals surface area contributed by atoms with Crippen LogP contribution in [-0.4, -0.2) is 9.13 Å². The van der Waals surface area contributed by atoms with Gasteiger partial charge in [-0.1, -0.05) is 157 Å². The minimum Gasteiger partial charge on any atom is -0.328 e. The average molecular weight is 733 g/mol. The molecule has 0 aliphatic rings. The minimum atomic E-state index is 0.426. The van der Waals surface area contributed by atoms with Crippen molar-refractivity contribution >= 4 is 108 Å². The molecule has 0 atom stereocenters. The zero-order valence-electron chi connectivity index (χ0n) is 31.5. The lowest BCUT2D eigenvalue weighted by Crippen LogP contribution is -2.01. The summed E-state index contributed by atoms with van der Waals surface area (Å²) < 4.78 is 4.79. The Kier molecular flexibility index (Phi) is 6.17. The summed E-state index contributed by atoms with van der Waals surface area (Å²) in [6.45, 7) is 0.852. The van der Waals surface area contributed by atoms with Gasteiger partial charge in [-0.2, -0.15) is 0 Å². The quantitative estimate of drug-likeness (QED) is 0.126. The third-order valence-corrected chi connectivity index (χ3v) is 13.0. The predicted molar refractivity (Wildman–Crippen MR) is 248 cm³/mol. The van der Waals surface area contributed by atoms with Crippen molar-refractivity contribution in [3.8, 4) is 46.9 Å². The van der Waals surface area contributed by atoms with E-state index in [0.29, 0.717) is 13.1 Å². The highest BCUT2D eigenvalue weighted by atomic mass is 15.0. The summed E-state index contributed by atoms with van der Waals surface area (Å²) in [5, 5.41) is 19.8. The van der Waals surface area contributed by atoms with Crippen LogP contribution in [-0.2, 0) is 13.1 Å². The summed E-state index contributed by atoms with van der Waals surface area (Å²) in [6, 6.07) is 58.4. The highest BCUT2D eigenvalue weighted by Gasteiger charge is 2.29. The average Bonchev–Trinajstić information content (AvgIpc) is 3.77. The topological polar surface area (TPSA) is 9.86 Å². The van der Waals surface area contributed by atoms with Crippen LogP contribution in [0.15, 0.2) is 158 Å². The van der Waals surface area contributed by atoms with Crippen molar-refractivity contribution in [2.75, 3.05) is 0 Å². The summed E-state index contributed by atoms with van der Waals surface area (Å²) in [5.74, 6) is 6.15. The van der Waals surface area contributed by atoms with Gasteiger partial charge in [0.25, 0.3) is 0 Å². The van der Waals surface area contributed by atoms with E-state index in [1.165, 1.54) is 108 Å². The molecular formula is C56H32N2. The van der Waals surface area contributed by atoms with Gasteiger partial charge in [0.1, 0.15) is 0 Å². The standard InChI is InChI=1S/C56H32N2/c1-3-31-57-45-17-7-5-15-43(45)53-52(42-30-26-38-22-20-34-12-10-14-36-24-28-40(42)50(38)48(34)36)56-54(44-16-6-8-18-46(44)58(56)32-4-2)51(55(53)57)41-29-25-37-21-19-33-11-9-13-35-23-27-39(41)49(37)47(33)35/h1-2,5-30H,31-32H2. The van der Waals surface area contributed by atoms with Crippen molar-refractivity contribution in [3.05, 3.63) is 158 Å². The van der Waals surface area contributed by atoms with Crippen LogP contribution in [0.1, 0.15) is 0 Å². The lowest BCUT2D eigenvalue weighted by Gasteiger charge is -2.21. The second-order valence-corrected chi connectivity index (χ2v) is 15.8. The van der Waals surface area contributed by atoms with Crippen LogP contribution >= 0.6 is 0 Å². The van der Waals surface area contributed by atoms with Gasteiger partial charge in [0.05, 0.1) is 35.2 Å². The molecule has 0 saturated heterocycles. The number of para-hydroxylation sites is 2. The fourth-order valence-electron chi connectivity index (χ4n) is 10.8. The number of aromatic nitrogens is 2. The molecule has 0 N–H and O–H groups in total. The van der Waals surface area contributed by atoms with Crippen LogP contribution in [0.3, 0.4) is 0 Å². The number of hydrogen-bond donors (Lipinski definition) is 0. The predicted octanol–water partition coefficient (Wildman–Crippen LogP) is 14.3. The number of nitrogens with zero attached hydrogens (tertiary/aromatic N) is 2. The largest absolute Gasteiger partial charge is 0.328 e. The Morgan fingerprint density at radius 1 is 0.328 bits per heavy atom. The summed E-state index contributed by atoms with van der Waals surface area (Å²) >= 11 is 0. The fourth-order valence-corrected chi connectivity index (χ4v) is 10.8. The molecule has 0 aliphatic carbocycles. The maximum atomic E-state index is 6.34. The van der Waals surface area contributed by atoms with E-state index in [0.717, 1.165) is 22.1 Å². The van der Waals surface area contributed by atoms with E-state index in [1.54, 1.807) is 0 Å². The van der Waals surface area contributed by atoms with Crippen molar-refractivity contribution in [1.82, 2.24) is 9.13 Å². The number of benzene rings is 11. The monoisotopic (exact) mass is 732 g/mol.